The number of hydrogen-bond acceptors (Lipinski definition) is 4. The number of halogens is 3. The molecule has 1 N–H and O–H groups in total. The summed E-state index contributed by atoms with van der Waals surface area (Å²) in [4.78, 5) is 4.29. The van der Waals surface area contributed by atoms with Crippen molar-refractivity contribution in [2.45, 2.75) is 6.36 Å². The maximum Gasteiger partial charge on any atom is 0.573 e. The van der Waals surface area contributed by atoms with Crippen LogP contribution in [-0.4, -0.2) is 17.8 Å². The number of nitrogens with zero attached hydrogens (tertiary/aromatic N) is 2. The summed E-state index contributed by atoms with van der Waals surface area (Å²) >= 11 is 1.21. The van der Waals surface area contributed by atoms with Crippen LogP contribution in [0.25, 0.3) is 11.1 Å². The van der Waals surface area contributed by atoms with Gasteiger partial charge in [-0.1, -0.05) is 48.2 Å². The van der Waals surface area contributed by atoms with Crippen molar-refractivity contribution in [3.8, 4) is 23.1 Å². The minimum atomic E-state index is -4.79. The highest BCUT2D eigenvalue weighted by atomic mass is 32.2. The maximum atomic E-state index is 12.6. The Morgan fingerprint density at radius 1 is 1.12 bits per heavy atom. The number of amidine groups is 1. The lowest BCUT2D eigenvalue weighted by Crippen LogP contribution is -2.17. The number of benzene rings is 2. The zero-order valence-corrected chi connectivity index (χ0v) is 13.3. The Morgan fingerprint density at radius 2 is 1.75 bits per heavy atom. The number of para-hydroxylation sites is 2. The van der Waals surface area contributed by atoms with Crippen molar-refractivity contribution >= 4 is 22.6 Å². The molecular formula is C16H12F3N3OS. The predicted octanol–water partition coefficient (Wildman–Crippen LogP) is 4.67. The number of aliphatic imine (C=N–C) groups is 1. The predicted molar refractivity (Wildman–Crippen MR) is 87.9 cm³/mol. The normalized spacial score (nSPS) is 11.7. The van der Waals surface area contributed by atoms with Gasteiger partial charge in [-0.05, 0) is 18.4 Å². The zero-order chi connectivity index (χ0) is 17.6. The number of rotatable bonds is 3. The van der Waals surface area contributed by atoms with Crippen LogP contribution < -0.4 is 10.1 Å². The van der Waals surface area contributed by atoms with Crippen LogP contribution in [0.3, 0.4) is 0 Å². The van der Waals surface area contributed by atoms with Gasteiger partial charge in [-0.3, -0.25) is 5.32 Å². The molecule has 0 radical (unpaired) electrons. The molecule has 0 aromatic heterocycles. The lowest BCUT2D eigenvalue weighted by atomic mass is 10.0. The van der Waals surface area contributed by atoms with Gasteiger partial charge in [0.1, 0.15) is 5.75 Å². The van der Waals surface area contributed by atoms with E-state index in [1.54, 1.807) is 42.8 Å². The highest BCUT2D eigenvalue weighted by Gasteiger charge is 2.32. The van der Waals surface area contributed by atoms with E-state index in [4.69, 9.17) is 5.26 Å². The fourth-order valence-corrected chi connectivity index (χ4v) is 2.32. The number of alkyl halides is 3. The van der Waals surface area contributed by atoms with Crippen molar-refractivity contribution in [3.05, 3.63) is 48.5 Å². The minimum Gasteiger partial charge on any atom is -0.405 e. The van der Waals surface area contributed by atoms with Crippen LogP contribution >= 0.6 is 11.8 Å². The van der Waals surface area contributed by atoms with Crippen LogP contribution in [0.1, 0.15) is 0 Å². The average molecular weight is 351 g/mol. The summed E-state index contributed by atoms with van der Waals surface area (Å²) in [7, 11) is 0. The van der Waals surface area contributed by atoms with Crippen LogP contribution in [0, 0.1) is 11.5 Å². The second-order valence-corrected chi connectivity index (χ2v) is 5.21. The van der Waals surface area contributed by atoms with Gasteiger partial charge in [0.2, 0.25) is 0 Å². The van der Waals surface area contributed by atoms with Gasteiger partial charge in [-0.2, -0.15) is 5.26 Å². The second kappa shape index (κ2) is 7.75. The zero-order valence-electron chi connectivity index (χ0n) is 12.5. The third kappa shape index (κ3) is 4.67. The van der Waals surface area contributed by atoms with E-state index in [1.807, 2.05) is 0 Å². The smallest absolute Gasteiger partial charge is 0.405 e. The Labute approximate surface area is 141 Å². The summed E-state index contributed by atoms with van der Waals surface area (Å²) < 4.78 is 41.9. The van der Waals surface area contributed by atoms with Crippen LogP contribution in [0.5, 0.6) is 5.75 Å². The molecule has 0 spiro atoms. The van der Waals surface area contributed by atoms with Gasteiger partial charge in [0.15, 0.2) is 11.4 Å². The summed E-state index contributed by atoms with van der Waals surface area (Å²) in [5, 5.41) is 11.5. The van der Waals surface area contributed by atoms with E-state index in [9.17, 15) is 13.2 Å². The molecular weight excluding hydrogens is 339 g/mol. The third-order valence-electron chi connectivity index (χ3n) is 2.89. The molecule has 2 aromatic rings. The molecule has 24 heavy (non-hydrogen) atoms. The van der Waals surface area contributed by atoms with E-state index in [0.29, 0.717) is 16.4 Å². The monoisotopic (exact) mass is 351 g/mol. The summed E-state index contributed by atoms with van der Waals surface area (Å²) in [6, 6.07) is 12.5. The molecule has 0 aliphatic rings. The van der Waals surface area contributed by atoms with Gasteiger partial charge in [0.25, 0.3) is 0 Å². The van der Waals surface area contributed by atoms with Crippen molar-refractivity contribution in [1.82, 2.24) is 5.32 Å². The summed E-state index contributed by atoms with van der Waals surface area (Å²) in [6.45, 7) is 0. The summed E-state index contributed by atoms with van der Waals surface area (Å²) in [6.07, 6.45) is -1.30. The Bertz CT molecular complexity index is 785. The molecule has 2 rings (SSSR count). The molecule has 0 saturated heterocycles. The average Bonchev–Trinajstić information content (AvgIpc) is 2.54. The molecule has 0 heterocycles. The van der Waals surface area contributed by atoms with Crippen LogP contribution in [-0.2, 0) is 0 Å². The number of nitriles is 1. The molecule has 2 aromatic carbocycles. The lowest BCUT2D eigenvalue weighted by Gasteiger charge is -2.14. The number of hydrogen-bond donors (Lipinski definition) is 1. The first-order valence-electron chi connectivity index (χ1n) is 6.66. The first-order chi connectivity index (χ1) is 11.4. The molecule has 8 heteroatoms. The topological polar surface area (TPSA) is 57.4 Å². The number of nitrogens with one attached hydrogen (secondary N) is 1. The summed E-state index contributed by atoms with van der Waals surface area (Å²) in [5.74, 6) is -0.313. The second-order valence-electron chi connectivity index (χ2n) is 4.42. The van der Waals surface area contributed by atoms with Gasteiger partial charge in [-0.15, -0.1) is 13.2 Å². The first-order valence-corrected chi connectivity index (χ1v) is 7.89. The fraction of sp³-hybridized carbons (Fsp3) is 0.125. The van der Waals surface area contributed by atoms with E-state index in [1.165, 1.54) is 30.0 Å². The molecule has 0 unspecified atom stereocenters. The standard InChI is InChI=1S/C16H12F3N3OS/c1-24-15(21-10-20)22-13-8-4-2-6-11(13)12-7-3-5-9-14(12)23-16(17,18)19/h2-9H,1H3,(H,21,22). The maximum absolute atomic E-state index is 12.6. The summed E-state index contributed by atoms with van der Waals surface area (Å²) in [5.41, 5.74) is 1.14. The van der Waals surface area contributed by atoms with E-state index >= 15 is 0 Å². The molecule has 4 nitrogen and oxygen atoms in total. The molecule has 0 aliphatic heterocycles. The van der Waals surface area contributed by atoms with Crippen LogP contribution in [0.2, 0.25) is 0 Å². The van der Waals surface area contributed by atoms with E-state index in [-0.39, 0.29) is 11.3 Å². The van der Waals surface area contributed by atoms with Crippen molar-refractivity contribution in [2.75, 3.05) is 6.26 Å². The minimum absolute atomic E-state index is 0.256. The molecule has 0 saturated carbocycles. The molecule has 124 valence electrons. The Hall–Kier alpha value is -2.66. The van der Waals surface area contributed by atoms with Crippen LogP contribution in [0.4, 0.5) is 18.9 Å². The Balaban J connectivity index is 2.53. The van der Waals surface area contributed by atoms with E-state index in [0.717, 1.165) is 0 Å². The molecule has 0 atom stereocenters. The molecule has 0 amide bonds. The van der Waals surface area contributed by atoms with Crippen molar-refractivity contribution in [1.29, 1.82) is 5.26 Å². The molecule has 0 fully saturated rings. The quantitative estimate of drug-likeness (QED) is 0.378. The van der Waals surface area contributed by atoms with Gasteiger partial charge in [0, 0.05) is 11.1 Å². The SMILES string of the molecule is CSC(=Nc1ccccc1-c1ccccc1OC(F)(F)F)NC#N. The largest absolute Gasteiger partial charge is 0.573 e. The Morgan fingerprint density at radius 3 is 2.38 bits per heavy atom. The highest BCUT2D eigenvalue weighted by Crippen LogP contribution is 2.38. The molecule has 0 aliphatic carbocycles. The number of thioether (sulfide) groups is 1. The van der Waals surface area contributed by atoms with Crippen molar-refractivity contribution < 1.29 is 17.9 Å². The third-order valence-corrected chi connectivity index (χ3v) is 3.47. The number of ether oxygens (including phenoxy) is 1. The highest BCUT2D eigenvalue weighted by molar-refractivity contribution is 8.13. The van der Waals surface area contributed by atoms with Crippen molar-refractivity contribution in [3.63, 3.8) is 0 Å². The first kappa shape index (κ1) is 17.7. The molecule has 0 bridgehead atoms. The van der Waals surface area contributed by atoms with E-state index < -0.39 is 6.36 Å². The van der Waals surface area contributed by atoms with Crippen LogP contribution in [0.15, 0.2) is 53.5 Å². The van der Waals surface area contributed by atoms with Gasteiger partial charge < -0.3 is 4.74 Å². The van der Waals surface area contributed by atoms with Gasteiger partial charge in [-0.25, -0.2) is 4.99 Å². The van der Waals surface area contributed by atoms with Crippen molar-refractivity contribution in [2.24, 2.45) is 4.99 Å². The fourth-order valence-electron chi connectivity index (χ4n) is 1.98. The van der Waals surface area contributed by atoms with Gasteiger partial charge in [0.05, 0.1) is 5.69 Å². The Kier molecular flexibility index (Phi) is 5.71. The lowest BCUT2D eigenvalue weighted by molar-refractivity contribution is -0.274. The van der Waals surface area contributed by atoms with E-state index in [2.05, 4.69) is 15.0 Å². The van der Waals surface area contributed by atoms with Gasteiger partial charge >= 0.3 is 6.36 Å².